The van der Waals surface area contributed by atoms with Crippen molar-refractivity contribution >= 4 is 5.78 Å². The van der Waals surface area contributed by atoms with Crippen LogP contribution in [0.2, 0.25) is 0 Å². The third-order valence-electron chi connectivity index (χ3n) is 7.39. The molecule has 2 aromatic carbocycles. The molecule has 238 valence electrons. The summed E-state index contributed by atoms with van der Waals surface area (Å²) >= 11 is 0. The predicted molar refractivity (Wildman–Crippen MR) is 143 cm³/mol. The fourth-order valence-electron chi connectivity index (χ4n) is 4.84. The summed E-state index contributed by atoms with van der Waals surface area (Å²) in [6.45, 7) is 0.931. The number of ether oxygens (including phenoxy) is 5. The molecule has 2 aromatic rings. The number of carbonyl (C=O) groups excluding carboxylic acids is 1. The Morgan fingerprint density at radius 1 is 0.791 bits per heavy atom. The lowest BCUT2D eigenvalue weighted by Crippen LogP contribution is -2.61. The molecule has 0 spiro atoms. The van der Waals surface area contributed by atoms with Gasteiger partial charge in [0.1, 0.15) is 65.5 Å². The van der Waals surface area contributed by atoms with Crippen LogP contribution in [0.4, 0.5) is 0 Å². The van der Waals surface area contributed by atoms with Crippen LogP contribution in [0.1, 0.15) is 29.3 Å². The Kier molecular flexibility index (Phi) is 10.3. The zero-order valence-corrected chi connectivity index (χ0v) is 23.3. The van der Waals surface area contributed by atoms with Crippen molar-refractivity contribution in [3.63, 3.8) is 0 Å². The maximum Gasteiger partial charge on any atom is 0.229 e. The number of hydrogen-bond acceptors (Lipinski definition) is 15. The Labute approximate surface area is 245 Å². The topological polar surface area (TPSA) is 245 Å². The van der Waals surface area contributed by atoms with Crippen LogP contribution in [-0.4, -0.2) is 127 Å². The van der Waals surface area contributed by atoms with Gasteiger partial charge in [0.25, 0.3) is 0 Å². The first-order valence-electron chi connectivity index (χ1n) is 13.4. The fraction of sp³-hybridized carbons (Fsp3) is 0.536. The highest BCUT2D eigenvalue weighted by molar-refractivity contribution is 6.01. The van der Waals surface area contributed by atoms with E-state index in [4.69, 9.17) is 23.7 Å². The van der Waals surface area contributed by atoms with Crippen molar-refractivity contribution in [2.75, 3.05) is 13.7 Å². The molecule has 0 bridgehead atoms. The van der Waals surface area contributed by atoms with Gasteiger partial charge in [0.2, 0.25) is 6.29 Å². The number of aliphatic hydroxyl groups excluding tert-OH is 6. The predicted octanol–water partition coefficient (Wildman–Crippen LogP) is -1.34. The number of carbonyl (C=O) groups is 1. The second kappa shape index (κ2) is 13.6. The van der Waals surface area contributed by atoms with E-state index in [1.165, 1.54) is 26.2 Å². The van der Waals surface area contributed by atoms with Gasteiger partial charge in [-0.3, -0.25) is 4.79 Å². The van der Waals surface area contributed by atoms with Crippen molar-refractivity contribution in [1.82, 2.24) is 0 Å². The molecule has 0 unspecified atom stereocenters. The van der Waals surface area contributed by atoms with Gasteiger partial charge in [-0.05, 0) is 31.0 Å². The van der Waals surface area contributed by atoms with E-state index < -0.39 is 85.3 Å². The summed E-state index contributed by atoms with van der Waals surface area (Å²) in [6, 6.07) is 6.60. The molecule has 43 heavy (non-hydrogen) atoms. The van der Waals surface area contributed by atoms with Crippen molar-refractivity contribution < 1.29 is 74.4 Å². The molecule has 10 atom stereocenters. The number of Topliss-reactive ketones (excluding diaryl/α,β-unsaturated/α-hetero) is 1. The van der Waals surface area contributed by atoms with Crippen LogP contribution in [0.5, 0.6) is 28.7 Å². The number of phenolic OH excluding ortho intramolecular Hbond substituents is 3. The van der Waals surface area contributed by atoms with E-state index in [9.17, 15) is 50.8 Å². The normalized spacial score (nSPS) is 32.7. The third-order valence-corrected chi connectivity index (χ3v) is 7.39. The van der Waals surface area contributed by atoms with Gasteiger partial charge in [0, 0.05) is 18.6 Å². The summed E-state index contributed by atoms with van der Waals surface area (Å²) < 4.78 is 26.8. The lowest BCUT2D eigenvalue weighted by atomic mass is 9.98. The first-order chi connectivity index (χ1) is 20.3. The molecule has 2 heterocycles. The number of phenols is 3. The summed E-state index contributed by atoms with van der Waals surface area (Å²) in [4.78, 5) is 12.8. The highest BCUT2D eigenvalue weighted by atomic mass is 16.7. The SMILES string of the molecule is COc1ccc(CCC(=O)c2c(O)cc(O[C@@H]3O[C@H](CO[C@H]4O[C@H](C)[C@@H](O)[C@H](O)[C@@H]4O)[C@@H](O)[C@H](O)[C@H]3O)cc2O)cc1O. The van der Waals surface area contributed by atoms with E-state index in [1.54, 1.807) is 6.07 Å². The average molecular weight is 613 g/mol. The number of rotatable bonds is 10. The lowest BCUT2D eigenvalue weighted by molar-refractivity contribution is -0.318. The van der Waals surface area contributed by atoms with Crippen molar-refractivity contribution in [1.29, 1.82) is 0 Å². The average Bonchev–Trinajstić information content (AvgIpc) is 2.96. The Balaban J connectivity index is 1.40. The molecule has 0 radical (unpaired) electrons. The molecule has 0 aliphatic carbocycles. The molecular weight excluding hydrogens is 576 g/mol. The van der Waals surface area contributed by atoms with Crippen molar-refractivity contribution in [2.24, 2.45) is 0 Å². The highest BCUT2D eigenvalue weighted by Gasteiger charge is 2.47. The van der Waals surface area contributed by atoms with Gasteiger partial charge < -0.3 is 69.6 Å². The number of hydrogen-bond donors (Lipinski definition) is 9. The molecule has 2 aliphatic heterocycles. The minimum absolute atomic E-state index is 0.105. The smallest absolute Gasteiger partial charge is 0.229 e. The van der Waals surface area contributed by atoms with Gasteiger partial charge in [-0.1, -0.05) is 6.07 Å². The molecule has 0 saturated carbocycles. The first-order valence-corrected chi connectivity index (χ1v) is 13.4. The molecular formula is C28H36O15. The summed E-state index contributed by atoms with van der Waals surface area (Å²) in [5.41, 5.74) is 0.227. The number of ketones is 1. The van der Waals surface area contributed by atoms with Gasteiger partial charge in [0.05, 0.1) is 19.8 Å². The molecule has 2 saturated heterocycles. The van der Waals surface area contributed by atoms with Crippen LogP contribution in [0.25, 0.3) is 0 Å². The van der Waals surface area contributed by atoms with Crippen LogP contribution >= 0.6 is 0 Å². The molecule has 4 rings (SSSR count). The second-order valence-electron chi connectivity index (χ2n) is 10.4. The zero-order chi connectivity index (χ0) is 31.6. The molecule has 15 nitrogen and oxygen atoms in total. The van der Waals surface area contributed by atoms with Crippen molar-refractivity contribution in [3.8, 4) is 28.7 Å². The summed E-state index contributed by atoms with van der Waals surface area (Å²) in [7, 11) is 1.40. The minimum Gasteiger partial charge on any atom is -0.507 e. The lowest BCUT2D eigenvalue weighted by Gasteiger charge is -2.42. The number of benzene rings is 2. The summed E-state index contributed by atoms with van der Waals surface area (Å²) in [5, 5.41) is 92.0. The van der Waals surface area contributed by atoms with Gasteiger partial charge in [-0.2, -0.15) is 0 Å². The van der Waals surface area contributed by atoms with Crippen LogP contribution in [0.15, 0.2) is 30.3 Å². The quantitative estimate of drug-likeness (QED) is 0.141. The van der Waals surface area contributed by atoms with E-state index in [1.807, 2.05) is 0 Å². The van der Waals surface area contributed by atoms with E-state index in [-0.39, 0.29) is 35.7 Å². The van der Waals surface area contributed by atoms with Crippen LogP contribution in [-0.2, 0) is 20.6 Å². The van der Waals surface area contributed by atoms with Crippen molar-refractivity contribution in [3.05, 3.63) is 41.5 Å². The van der Waals surface area contributed by atoms with Gasteiger partial charge in [0.15, 0.2) is 23.6 Å². The maximum atomic E-state index is 12.8. The Morgan fingerprint density at radius 2 is 1.42 bits per heavy atom. The van der Waals surface area contributed by atoms with Gasteiger partial charge in [-0.15, -0.1) is 0 Å². The standard InChI is InChI=1S/C28H36O15/c1-11-21(33)23(35)25(37)27(41-11)40-10-19-22(34)24(36)26(38)28(43-19)42-13-8-16(31)20(17(32)9-13)14(29)5-3-12-4-6-18(39-2)15(30)7-12/h4,6-9,11,19,21-28,30-38H,3,5,10H2,1-2H3/t11-,19-,21-,22-,23+,24+,25+,26-,27+,28-/m1/s1. The monoisotopic (exact) mass is 612 g/mol. The van der Waals surface area contributed by atoms with E-state index in [0.29, 0.717) is 5.56 Å². The number of aryl methyl sites for hydroxylation is 1. The second-order valence-corrected chi connectivity index (χ2v) is 10.4. The Hall–Kier alpha value is -3.25. The highest BCUT2D eigenvalue weighted by Crippen LogP contribution is 2.36. The van der Waals surface area contributed by atoms with Gasteiger partial charge in [-0.25, -0.2) is 0 Å². The van der Waals surface area contributed by atoms with Gasteiger partial charge >= 0.3 is 0 Å². The van der Waals surface area contributed by atoms with E-state index in [0.717, 1.165) is 12.1 Å². The largest absolute Gasteiger partial charge is 0.507 e. The molecule has 9 N–H and O–H groups in total. The minimum atomic E-state index is -1.80. The molecule has 2 fully saturated rings. The summed E-state index contributed by atoms with van der Waals surface area (Å²) in [6.07, 6.45) is -15.1. The number of aromatic hydroxyl groups is 3. The Morgan fingerprint density at radius 3 is 2.05 bits per heavy atom. The number of methoxy groups -OCH3 is 1. The van der Waals surface area contributed by atoms with Crippen molar-refractivity contribution in [2.45, 2.75) is 81.2 Å². The van der Waals surface area contributed by atoms with Crippen LogP contribution in [0, 0.1) is 0 Å². The zero-order valence-electron chi connectivity index (χ0n) is 23.3. The number of aliphatic hydroxyl groups is 6. The molecule has 0 aromatic heterocycles. The Bertz CT molecular complexity index is 1250. The van der Waals surface area contributed by atoms with E-state index >= 15 is 0 Å². The van der Waals surface area contributed by atoms with Crippen LogP contribution < -0.4 is 9.47 Å². The third kappa shape index (κ3) is 7.12. The maximum absolute atomic E-state index is 12.8. The van der Waals surface area contributed by atoms with E-state index in [2.05, 4.69) is 0 Å². The van der Waals surface area contributed by atoms with Crippen LogP contribution in [0.3, 0.4) is 0 Å². The molecule has 0 amide bonds. The molecule has 15 heteroatoms. The fourth-order valence-corrected chi connectivity index (χ4v) is 4.84. The summed E-state index contributed by atoms with van der Waals surface area (Å²) in [5.74, 6) is -1.98. The first kappa shape index (κ1) is 32.7. The molecule has 2 aliphatic rings.